The molecule has 1 aromatic carbocycles. The van der Waals surface area contributed by atoms with E-state index in [1.54, 1.807) is 19.1 Å². The van der Waals surface area contributed by atoms with Crippen LogP contribution in [0.4, 0.5) is 14.5 Å². The van der Waals surface area contributed by atoms with Crippen LogP contribution in [0, 0.1) is 6.92 Å². The van der Waals surface area contributed by atoms with Crippen molar-refractivity contribution < 1.29 is 33.0 Å². The molecular weight excluding hydrogens is 462 g/mol. The fourth-order valence-electron chi connectivity index (χ4n) is 4.09. The van der Waals surface area contributed by atoms with Crippen molar-refractivity contribution in [3.63, 3.8) is 0 Å². The van der Waals surface area contributed by atoms with E-state index >= 15 is 0 Å². The molecule has 1 aliphatic heterocycles. The van der Waals surface area contributed by atoms with Crippen molar-refractivity contribution in [1.29, 1.82) is 0 Å². The van der Waals surface area contributed by atoms with Gasteiger partial charge in [0.05, 0.1) is 13.1 Å². The number of rotatable bonds is 10. The van der Waals surface area contributed by atoms with Gasteiger partial charge in [-0.3, -0.25) is 19.7 Å². The van der Waals surface area contributed by atoms with Crippen molar-refractivity contribution in [2.75, 3.05) is 31.5 Å². The minimum atomic E-state index is -3.12. The van der Waals surface area contributed by atoms with Crippen LogP contribution in [0.2, 0.25) is 0 Å². The van der Waals surface area contributed by atoms with Crippen molar-refractivity contribution in [1.82, 2.24) is 15.2 Å². The third-order valence-corrected chi connectivity index (χ3v) is 5.81. The molecule has 0 aliphatic carbocycles. The number of aromatic nitrogens is 1. The number of carbonyl (C=O) groups excluding carboxylic acids is 2. The maximum atomic E-state index is 13.7. The lowest BCUT2D eigenvalue weighted by atomic mass is 9.69. The van der Waals surface area contributed by atoms with E-state index in [1.807, 2.05) is 32.0 Å². The normalized spacial score (nSPS) is 14.5. The molecular formula is C24H28F2N4O5. The molecule has 1 aromatic heterocycles. The van der Waals surface area contributed by atoms with Crippen LogP contribution in [0.15, 0.2) is 36.4 Å². The van der Waals surface area contributed by atoms with Crippen LogP contribution in [0.25, 0.3) is 0 Å². The predicted octanol–water partition coefficient (Wildman–Crippen LogP) is 2.51. The number of nitrogens with zero attached hydrogens (tertiary/aromatic N) is 2. The van der Waals surface area contributed by atoms with Crippen LogP contribution in [0.3, 0.4) is 0 Å². The van der Waals surface area contributed by atoms with Gasteiger partial charge in [0.2, 0.25) is 17.7 Å². The van der Waals surface area contributed by atoms with Gasteiger partial charge in [0, 0.05) is 18.8 Å². The van der Waals surface area contributed by atoms with Gasteiger partial charge in [0.15, 0.2) is 0 Å². The number of carboxylic acids is 1. The van der Waals surface area contributed by atoms with E-state index in [1.165, 1.54) is 11.0 Å². The lowest BCUT2D eigenvalue weighted by molar-refractivity contribution is -0.143. The number of alkyl halides is 2. The minimum Gasteiger partial charge on any atom is -0.480 e. The highest BCUT2D eigenvalue weighted by atomic mass is 19.3. The third kappa shape index (κ3) is 5.91. The number of hydrogen-bond acceptors (Lipinski definition) is 6. The number of pyridine rings is 1. The largest absolute Gasteiger partial charge is 0.480 e. The van der Waals surface area contributed by atoms with Gasteiger partial charge >= 0.3 is 12.6 Å². The molecule has 2 amide bonds. The van der Waals surface area contributed by atoms with E-state index in [9.17, 15) is 23.2 Å². The molecule has 0 radical (unpaired) electrons. The Morgan fingerprint density at radius 3 is 2.46 bits per heavy atom. The summed E-state index contributed by atoms with van der Waals surface area (Å²) in [6.07, 6.45) is 0. The van der Waals surface area contributed by atoms with Crippen LogP contribution in [-0.4, -0.2) is 65.6 Å². The van der Waals surface area contributed by atoms with Crippen LogP contribution in [0.1, 0.15) is 36.6 Å². The maximum Gasteiger partial charge on any atom is 0.388 e. The van der Waals surface area contributed by atoms with Gasteiger partial charge in [-0.1, -0.05) is 38.1 Å². The number of benzene rings is 1. The summed E-state index contributed by atoms with van der Waals surface area (Å²) < 4.78 is 30.3. The maximum absolute atomic E-state index is 13.7. The predicted molar refractivity (Wildman–Crippen MR) is 124 cm³/mol. The zero-order chi connectivity index (χ0) is 25.8. The zero-order valence-corrected chi connectivity index (χ0v) is 19.7. The Balaban J connectivity index is 1.91. The summed E-state index contributed by atoms with van der Waals surface area (Å²) in [5.74, 6) is -2.25. The van der Waals surface area contributed by atoms with Crippen molar-refractivity contribution in [3.05, 3.63) is 53.2 Å². The summed E-state index contributed by atoms with van der Waals surface area (Å²) in [4.78, 5) is 42.4. The molecule has 0 saturated carbocycles. The number of amides is 2. The van der Waals surface area contributed by atoms with E-state index in [4.69, 9.17) is 5.11 Å². The smallest absolute Gasteiger partial charge is 0.388 e. The summed E-state index contributed by atoms with van der Waals surface area (Å²) in [6, 6.07) is 10.4. The number of carbonyl (C=O) groups is 3. The molecule has 1 aliphatic rings. The average molecular weight is 491 g/mol. The number of anilines is 1. The van der Waals surface area contributed by atoms with Crippen LogP contribution in [-0.2, 0) is 19.8 Å². The Bertz CT molecular complexity index is 1100. The number of hydrogen-bond donors (Lipinski definition) is 3. The highest BCUT2D eigenvalue weighted by Gasteiger charge is 2.53. The molecule has 2 heterocycles. The van der Waals surface area contributed by atoms with Gasteiger partial charge in [-0.25, -0.2) is 4.98 Å². The summed E-state index contributed by atoms with van der Waals surface area (Å²) in [6.45, 7) is 1.99. The van der Waals surface area contributed by atoms with Gasteiger partial charge in [-0.2, -0.15) is 8.78 Å². The van der Waals surface area contributed by atoms with E-state index < -0.39 is 29.8 Å². The molecule has 0 bridgehead atoms. The molecule has 3 rings (SSSR count). The molecule has 0 atom stereocenters. The van der Waals surface area contributed by atoms with Gasteiger partial charge in [0.25, 0.3) is 0 Å². The lowest BCUT2D eigenvalue weighted by Gasteiger charge is -2.50. The molecule has 188 valence electrons. The monoisotopic (exact) mass is 490 g/mol. The molecule has 1 fully saturated rings. The number of halogens is 2. The Kier molecular flexibility index (Phi) is 8.00. The number of likely N-dealkylation sites (tertiary alicyclic amines) is 1. The van der Waals surface area contributed by atoms with Crippen molar-refractivity contribution in [3.8, 4) is 5.88 Å². The molecule has 9 nitrogen and oxygen atoms in total. The first-order chi connectivity index (χ1) is 16.5. The molecule has 2 aromatic rings. The molecule has 0 spiro atoms. The Morgan fingerprint density at radius 2 is 1.83 bits per heavy atom. The number of aliphatic carboxylic acids is 1. The zero-order valence-electron chi connectivity index (χ0n) is 19.7. The van der Waals surface area contributed by atoms with Crippen molar-refractivity contribution in [2.45, 2.75) is 38.7 Å². The number of ether oxygens (including phenoxy) is 1. The highest BCUT2D eigenvalue weighted by Crippen LogP contribution is 2.40. The molecule has 1 saturated heterocycles. The van der Waals surface area contributed by atoms with E-state index in [0.717, 1.165) is 11.1 Å². The Morgan fingerprint density at radius 1 is 1.14 bits per heavy atom. The fourth-order valence-corrected chi connectivity index (χ4v) is 4.09. The second-order valence-corrected chi connectivity index (χ2v) is 8.71. The van der Waals surface area contributed by atoms with Crippen molar-refractivity contribution in [2.24, 2.45) is 0 Å². The quantitative estimate of drug-likeness (QED) is 0.468. The van der Waals surface area contributed by atoms with Crippen molar-refractivity contribution >= 4 is 23.5 Å². The number of carboxylic acid groups (broad SMARTS) is 1. The van der Waals surface area contributed by atoms with Gasteiger partial charge in [-0.05, 0) is 36.1 Å². The first-order valence-electron chi connectivity index (χ1n) is 11.1. The Hall–Kier alpha value is -3.60. The van der Waals surface area contributed by atoms with E-state index in [-0.39, 0.29) is 43.7 Å². The van der Waals surface area contributed by atoms with Crippen LogP contribution in [0.5, 0.6) is 5.88 Å². The first kappa shape index (κ1) is 26.0. The van der Waals surface area contributed by atoms with Gasteiger partial charge in [0.1, 0.15) is 11.1 Å². The summed E-state index contributed by atoms with van der Waals surface area (Å²) in [5.41, 5.74) is 0.940. The minimum absolute atomic E-state index is 0.00444. The SMILES string of the molecule is Cc1ccc(NC(=O)C2(c3ccccc3C(C)C)CN(C(=O)CNCC(=O)O)C2)c(OC(F)F)n1. The fraction of sp³-hybridized carbons (Fsp3) is 0.417. The first-order valence-corrected chi connectivity index (χ1v) is 11.1. The third-order valence-electron chi connectivity index (χ3n) is 5.81. The van der Waals surface area contributed by atoms with Gasteiger partial charge in [-0.15, -0.1) is 0 Å². The van der Waals surface area contributed by atoms with Crippen LogP contribution >= 0.6 is 0 Å². The Labute approximate surface area is 201 Å². The number of aryl methyl sites for hydroxylation is 1. The molecule has 35 heavy (non-hydrogen) atoms. The van der Waals surface area contributed by atoms with E-state index in [0.29, 0.717) is 5.69 Å². The average Bonchev–Trinajstić information content (AvgIpc) is 2.74. The second kappa shape index (κ2) is 10.8. The van der Waals surface area contributed by atoms with Crippen LogP contribution < -0.4 is 15.4 Å². The second-order valence-electron chi connectivity index (χ2n) is 8.71. The standard InChI is InChI=1S/C24H28F2N4O5/c1-14(2)16-6-4-5-7-17(16)24(12-30(13-24)19(31)10-27-11-20(32)33)22(34)29-18-9-8-15(3)28-21(18)35-23(25)26/h4-9,14,23,27H,10-13H2,1-3H3,(H,29,34)(H,32,33). The number of nitrogens with one attached hydrogen (secondary N) is 2. The summed E-state index contributed by atoms with van der Waals surface area (Å²) >= 11 is 0. The molecule has 0 unspecified atom stereocenters. The highest BCUT2D eigenvalue weighted by molar-refractivity contribution is 6.02. The van der Waals surface area contributed by atoms with E-state index in [2.05, 4.69) is 20.4 Å². The molecule has 3 N–H and O–H groups in total. The topological polar surface area (TPSA) is 121 Å². The van der Waals surface area contributed by atoms with Gasteiger partial charge < -0.3 is 20.1 Å². The molecule has 11 heteroatoms. The summed E-state index contributed by atoms with van der Waals surface area (Å²) in [5, 5.41) is 14.0. The summed E-state index contributed by atoms with van der Waals surface area (Å²) in [7, 11) is 0. The lowest BCUT2D eigenvalue weighted by Crippen LogP contribution is -2.67.